The molecule has 0 saturated heterocycles. The van der Waals surface area contributed by atoms with Crippen LogP contribution in [0.5, 0.6) is 5.75 Å². The Kier molecular flexibility index (Phi) is 7.11. The van der Waals surface area contributed by atoms with Gasteiger partial charge < -0.3 is 10.5 Å². The highest BCUT2D eigenvalue weighted by atomic mass is 32.2. The Morgan fingerprint density at radius 2 is 1.77 bits per heavy atom. The van der Waals surface area contributed by atoms with Crippen LogP contribution >= 0.6 is 11.8 Å². The monoisotopic (exact) mass is 493 g/mol. The number of carbonyl (C=O) groups excluding carboxylic acids is 1. The summed E-state index contributed by atoms with van der Waals surface area (Å²) in [4.78, 5) is 39.1. The van der Waals surface area contributed by atoms with Crippen LogP contribution in [0.25, 0.3) is 5.69 Å². The average Bonchev–Trinajstić information content (AvgIpc) is 3.35. The van der Waals surface area contributed by atoms with Gasteiger partial charge in [-0.25, -0.2) is 4.79 Å². The summed E-state index contributed by atoms with van der Waals surface area (Å²) in [6, 6.07) is 16.3. The second-order valence-corrected chi connectivity index (χ2v) is 8.39. The van der Waals surface area contributed by atoms with E-state index in [9.17, 15) is 14.4 Å². The summed E-state index contributed by atoms with van der Waals surface area (Å²) in [6.45, 7) is 1.91. The van der Waals surface area contributed by atoms with Gasteiger partial charge in [0.05, 0.1) is 25.1 Å². The summed E-state index contributed by atoms with van der Waals surface area (Å²) < 4.78 is 8.90. The second kappa shape index (κ2) is 10.4. The molecule has 0 fully saturated rings. The molecule has 4 aromatic rings. The van der Waals surface area contributed by atoms with Gasteiger partial charge in [-0.1, -0.05) is 42.1 Å². The van der Waals surface area contributed by atoms with Gasteiger partial charge in [-0.15, -0.1) is 5.10 Å². The van der Waals surface area contributed by atoms with Crippen molar-refractivity contribution < 1.29 is 9.53 Å². The number of Topliss-reactive ketones (excluding diaryl/α,β-unsaturated/α-hetero) is 1. The number of aromatic nitrogens is 6. The van der Waals surface area contributed by atoms with E-state index in [1.54, 1.807) is 38.3 Å². The number of carbonyl (C=O) groups is 1. The van der Waals surface area contributed by atoms with Crippen LogP contribution in [0.3, 0.4) is 0 Å². The molecular formula is C23H23N7O4S. The van der Waals surface area contributed by atoms with E-state index < -0.39 is 17.0 Å². The zero-order valence-corrected chi connectivity index (χ0v) is 19.9. The number of rotatable bonds is 9. The number of benzene rings is 2. The van der Waals surface area contributed by atoms with Gasteiger partial charge in [-0.05, 0) is 47.2 Å². The standard InChI is InChI=1S/C23H23N7O4S/c1-3-28-21(32)19(20(24)29(23(28)33)13-15-7-5-4-6-8-15)18(31)14-35-22-25-26-27-30(22)16-9-11-17(34-2)12-10-16/h4-12H,3,13-14,24H2,1-2H3. The molecule has 2 heterocycles. The van der Waals surface area contributed by atoms with Gasteiger partial charge >= 0.3 is 5.69 Å². The van der Waals surface area contributed by atoms with Crippen molar-refractivity contribution in [3.8, 4) is 11.4 Å². The molecule has 0 atom stereocenters. The molecule has 0 aliphatic carbocycles. The highest BCUT2D eigenvalue weighted by Crippen LogP contribution is 2.21. The molecule has 0 amide bonds. The van der Waals surface area contributed by atoms with Gasteiger partial charge in [0.1, 0.15) is 17.1 Å². The van der Waals surface area contributed by atoms with Crippen molar-refractivity contribution in [2.24, 2.45) is 0 Å². The first-order valence-corrected chi connectivity index (χ1v) is 11.7. The SMILES string of the molecule is CCn1c(=O)c(C(=O)CSc2nnnn2-c2ccc(OC)cc2)c(N)n(Cc2ccccc2)c1=O. The maximum Gasteiger partial charge on any atom is 0.332 e. The maximum absolute atomic E-state index is 13.2. The number of hydrogen-bond acceptors (Lipinski definition) is 9. The molecule has 0 aliphatic heterocycles. The van der Waals surface area contributed by atoms with Crippen LogP contribution in [0.4, 0.5) is 5.82 Å². The molecule has 0 unspecified atom stereocenters. The largest absolute Gasteiger partial charge is 0.497 e. The Balaban J connectivity index is 1.63. The first-order valence-electron chi connectivity index (χ1n) is 10.7. The van der Waals surface area contributed by atoms with Crippen molar-refractivity contribution in [2.45, 2.75) is 25.2 Å². The van der Waals surface area contributed by atoms with E-state index in [1.807, 2.05) is 30.3 Å². The van der Waals surface area contributed by atoms with E-state index in [4.69, 9.17) is 10.5 Å². The fraction of sp³-hybridized carbons (Fsp3) is 0.217. The number of nitrogens with zero attached hydrogens (tertiary/aromatic N) is 6. The van der Waals surface area contributed by atoms with Crippen molar-refractivity contribution in [3.63, 3.8) is 0 Å². The number of tetrazole rings is 1. The van der Waals surface area contributed by atoms with E-state index in [-0.39, 0.29) is 30.2 Å². The lowest BCUT2D eigenvalue weighted by molar-refractivity contribution is 0.102. The lowest BCUT2D eigenvalue weighted by Gasteiger charge is -2.15. The van der Waals surface area contributed by atoms with E-state index in [0.717, 1.165) is 21.9 Å². The molecule has 2 aromatic carbocycles. The summed E-state index contributed by atoms with van der Waals surface area (Å²) in [5, 5.41) is 12.0. The van der Waals surface area contributed by atoms with Crippen molar-refractivity contribution in [1.82, 2.24) is 29.3 Å². The van der Waals surface area contributed by atoms with Crippen LogP contribution in [0.15, 0.2) is 69.3 Å². The predicted octanol–water partition coefficient (Wildman–Crippen LogP) is 1.62. The zero-order valence-electron chi connectivity index (χ0n) is 19.1. The third-order valence-electron chi connectivity index (χ3n) is 5.34. The van der Waals surface area contributed by atoms with Crippen LogP contribution in [-0.2, 0) is 13.1 Å². The van der Waals surface area contributed by atoms with Crippen LogP contribution in [0.2, 0.25) is 0 Å². The number of ketones is 1. The molecule has 0 bridgehead atoms. The predicted molar refractivity (Wildman–Crippen MR) is 131 cm³/mol. The number of hydrogen-bond donors (Lipinski definition) is 1. The first kappa shape index (κ1) is 24.0. The highest BCUT2D eigenvalue weighted by Gasteiger charge is 2.23. The number of ether oxygens (including phenoxy) is 1. The molecule has 11 nitrogen and oxygen atoms in total. The maximum atomic E-state index is 13.2. The quantitative estimate of drug-likeness (QED) is 0.272. The van der Waals surface area contributed by atoms with E-state index in [2.05, 4.69) is 15.5 Å². The minimum atomic E-state index is -0.709. The van der Waals surface area contributed by atoms with E-state index in [0.29, 0.717) is 16.6 Å². The highest BCUT2D eigenvalue weighted by molar-refractivity contribution is 7.99. The molecule has 0 radical (unpaired) electrons. The summed E-state index contributed by atoms with van der Waals surface area (Å²) in [5.41, 5.74) is 6.21. The second-order valence-electron chi connectivity index (χ2n) is 7.45. The van der Waals surface area contributed by atoms with Crippen molar-refractivity contribution in [3.05, 3.63) is 86.6 Å². The minimum absolute atomic E-state index is 0.107. The number of nitrogens with two attached hydrogens (primary N) is 1. The Bertz CT molecular complexity index is 1460. The van der Waals surface area contributed by atoms with Crippen molar-refractivity contribution in [2.75, 3.05) is 18.6 Å². The fourth-order valence-electron chi connectivity index (χ4n) is 3.53. The van der Waals surface area contributed by atoms with E-state index in [1.165, 1.54) is 9.25 Å². The number of anilines is 1. The van der Waals surface area contributed by atoms with Gasteiger partial charge in [0.15, 0.2) is 5.78 Å². The molecule has 2 aromatic heterocycles. The molecule has 0 spiro atoms. The smallest absolute Gasteiger partial charge is 0.332 e. The lowest BCUT2D eigenvalue weighted by Crippen LogP contribution is -2.44. The summed E-state index contributed by atoms with van der Waals surface area (Å²) >= 11 is 1.06. The summed E-state index contributed by atoms with van der Waals surface area (Å²) in [7, 11) is 1.57. The van der Waals surface area contributed by atoms with Crippen LogP contribution < -0.4 is 21.7 Å². The first-order chi connectivity index (χ1) is 16.9. The van der Waals surface area contributed by atoms with Crippen molar-refractivity contribution in [1.29, 1.82) is 0 Å². The molecule has 12 heteroatoms. The summed E-state index contributed by atoms with van der Waals surface area (Å²) in [6.07, 6.45) is 0. The van der Waals surface area contributed by atoms with Gasteiger partial charge in [0.25, 0.3) is 5.56 Å². The lowest BCUT2D eigenvalue weighted by atomic mass is 10.2. The molecule has 2 N–H and O–H groups in total. The fourth-order valence-corrected chi connectivity index (χ4v) is 4.29. The Morgan fingerprint density at radius 1 is 1.06 bits per heavy atom. The normalized spacial score (nSPS) is 10.9. The van der Waals surface area contributed by atoms with Crippen LogP contribution in [-0.4, -0.2) is 48.0 Å². The Labute approximate surface area is 204 Å². The molecular weight excluding hydrogens is 470 g/mol. The average molecular weight is 494 g/mol. The van der Waals surface area contributed by atoms with Crippen molar-refractivity contribution >= 4 is 23.4 Å². The zero-order chi connectivity index (χ0) is 24.9. The van der Waals surface area contributed by atoms with Gasteiger partial charge in [0.2, 0.25) is 5.16 Å². The van der Waals surface area contributed by atoms with Crippen LogP contribution in [0, 0.1) is 0 Å². The summed E-state index contributed by atoms with van der Waals surface area (Å²) in [5.74, 6) is -0.150. The number of thioether (sulfide) groups is 1. The van der Waals surface area contributed by atoms with Gasteiger partial charge in [-0.2, -0.15) is 4.68 Å². The molecule has 0 saturated carbocycles. The molecule has 0 aliphatic rings. The number of nitrogen functional groups attached to an aromatic ring is 1. The van der Waals surface area contributed by atoms with Gasteiger partial charge in [0, 0.05) is 6.54 Å². The molecule has 4 rings (SSSR count). The third kappa shape index (κ3) is 4.87. The Morgan fingerprint density at radius 3 is 2.43 bits per heavy atom. The van der Waals surface area contributed by atoms with E-state index >= 15 is 0 Å². The molecule has 35 heavy (non-hydrogen) atoms. The third-order valence-corrected chi connectivity index (χ3v) is 6.26. The minimum Gasteiger partial charge on any atom is -0.497 e. The molecule has 180 valence electrons. The Hall–Kier alpha value is -4.19. The van der Waals surface area contributed by atoms with Gasteiger partial charge in [-0.3, -0.25) is 18.7 Å². The van der Waals surface area contributed by atoms with Crippen LogP contribution in [0.1, 0.15) is 22.8 Å². The topological polar surface area (TPSA) is 140 Å². The number of methoxy groups -OCH3 is 1.